The van der Waals surface area contributed by atoms with Gasteiger partial charge in [-0.25, -0.2) is 8.42 Å². The van der Waals surface area contributed by atoms with Gasteiger partial charge in [0.25, 0.3) is 0 Å². The van der Waals surface area contributed by atoms with Crippen LogP contribution in [-0.4, -0.2) is 66.1 Å². The third-order valence-electron chi connectivity index (χ3n) is 5.65. The van der Waals surface area contributed by atoms with Crippen LogP contribution in [0.3, 0.4) is 0 Å². The topological polar surface area (TPSA) is 97.4 Å². The van der Waals surface area contributed by atoms with E-state index < -0.39 is 22.0 Å². The number of sulfonamides is 1. The molecule has 9 nitrogen and oxygen atoms in total. The number of carbonyl (C=O) groups excluding carboxylic acids is 1. The maximum atomic E-state index is 12.9. The molecule has 1 saturated heterocycles. The highest BCUT2D eigenvalue weighted by Gasteiger charge is 2.30. The minimum atomic E-state index is -3.73. The molecule has 0 bridgehead atoms. The summed E-state index contributed by atoms with van der Waals surface area (Å²) >= 11 is 0. The number of rotatable bonds is 7. The molecular formula is C23H29N3O6S. The predicted octanol–water partition coefficient (Wildman–Crippen LogP) is 1.77. The van der Waals surface area contributed by atoms with Crippen molar-refractivity contribution in [1.82, 2.24) is 5.32 Å². The van der Waals surface area contributed by atoms with Gasteiger partial charge in [-0.05, 0) is 36.8 Å². The average Bonchev–Trinajstić information content (AvgIpc) is 2.82. The number of carbonyl (C=O) groups is 1. The fourth-order valence-corrected chi connectivity index (χ4v) is 5.13. The summed E-state index contributed by atoms with van der Waals surface area (Å²) in [4.78, 5) is 15.1. The summed E-state index contributed by atoms with van der Waals surface area (Å²) in [5.74, 6) is 0.615. The van der Waals surface area contributed by atoms with Crippen molar-refractivity contribution < 1.29 is 27.4 Å². The number of nitrogens with zero attached hydrogens (tertiary/aromatic N) is 2. The van der Waals surface area contributed by atoms with E-state index in [4.69, 9.17) is 14.2 Å². The largest absolute Gasteiger partial charge is 0.486 e. The molecule has 2 aliphatic rings. The van der Waals surface area contributed by atoms with Crippen LogP contribution in [0.2, 0.25) is 0 Å². The van der Waals surface area contributed by atoms with Crippen molar-refractivity contribution in [3.63, 3.8) is 0 Å². The predicted molar refractivity (Wildman–Crippen MR) is 126 cm³/mol. The van der Waals surface area contributed by atoms with Gasteiger partial charge in [0.05, 0.1) is 25.2 Å². The second-order valence-electron chi connectivity index (χ2n) is 8.05. The molecule has 0 aliphatic carbocycles. The van der Waals surface area contributed by atoms with E-state index in [1.54, 1.807) is 25.1 Å². The van der Waals surface area contributed by atoms with Gasteiger partial charge in [0.2, 0.25) is 15.9 Å². The van der Waals surface area contributed by atoms with Gasteiger partial charge in [-0.3, -0.25) is 9.10 Å². The summed E-state index contributed by atoms with van der Waals surface area (Å²) in [6.07, 6.45) is 1.08. The van der Waals surface area contributed by atoms with Crippen molar-refractivity contribution in [1.29, 1.82) is 0 Å². The zero-order chi connectivity index (χ0) is 23.4. The lowest BCUT2D eigenvalue weighted by atomic mass is 10.1. The van der Waals surface area contributed by atoms with E-state index in [9.17, 15) is 13.2 Å². The highest BCUT2D eigenvalue weighted by Crippen LogP contribution is 2.35. The number of morpholine rings is 1. The van der Waals surface area contributed by atoms with Crippen LogP contribution in [0.4, 0.5) is 11.4 Å². The van der Waals surface area contributed by atoms with Crippen molar-refractivity contribution in [3.05, 3.63) is 48.0 Å². The molecule has 2 aliphatic heterocycles. The maximum absolute atomic E-state index is 12.9. The van der Waals surface area contributed by atoms with Gasteiger partial charge in [0.15, 0.2) is 11.5 Å². The van der Waals surface area contributed by atoms with E-state index in [0.29, 0.717) is 36.9 Å². The molecule has 1 N–H and O–H groups in total. The van der Waals surface area contributed by atoms with Gasteiger partial charge in [0.1, 0.15) is 19.3 Å². The molecule has 2 heterocycles. The zero-order valence-electron chi connectivity index (χ0n) is 18.8. The SMILES string of the molecule is CC(C(=O)NCc1ccc(N2CCOCC2)cc1)N(c1ccc2c(c1)OCCO2)S(C)(=O)=O. The molecule has 0 spiro atoms. The van der Waals surface area contributed by atoms with Gasteiger partial charge in [-0.2, -0.15) is 0 Å². The molecule has 0 saturated carbocycles. The van der Waals surface area contributed by atoms with Crippen LogP contribution in [0.15, 0.2) is 42.5 Å². The van der Waals surface area contributed by atoms with Crippen molar-refractivity contribution >= 4 is 27.3 Å². The molecule has 2 aromatic carbocycles. The van der Waals surface area contributed by atoms with E-state index in [-0.39, 0.29) is 0 Å². The first-order chi connectivity index (χ1) is 15.8. The van der Waals surface area contributed by atoms with E-state index >= 15 is 0 Å². The normalized spacial score (nSPS) is 16.7. The summed E-state index contributed by atoms with van der Waals surface area (Å²) in [6.45, 7) is 5.83. The molecule has 1 unspecified atom stereocenters. The molecule has 2 aromatic rings. The smallest absolute Gasteiger partial charge is 0.243 e. The highest BCUT2D eigenvalue weighted by molar-refractivity contribution is 7.92. The average molecular weight is 476 g/mol. The first-order valence-electron chi connectivity index (χ1n) is 10.9. The first-order valence-corrected chi connectivity index (χ1v) is 12.8. The van der Waals surface area contributed by atoms with Gasteiger partial charge >= 0.3 is 0 Å². The van der Waals surface area contributed by atoms with Crippen LogP contribution in [0.25, 0.3) is 0 Å². The van der Waals surface area contributed by atoms with Crippen LogP contribution in [-0.2, 0) is 26.1 Å². The van der Waals surface area contributed by atoms with Crippen LogP contribution in [0, 0.1) is 0 Å². The third-order valence-corrected chi connectivity index (χ3v) is 6.89. The van der Waals surface area contributed by atoms with Crippen molar-refractivity contribution in [2.24, 2.45) is 0 Å². The van der Waals surface area contributed by atoms with Crippen LogP contribution >= 0.6 is 0 Å². The Hall–Kier alpha value is -2.98. The molecule has 178 valence electrons. The molecule has 1 fully saturated rings. The number of anilines is 2. The second-order valence-corrected chi connectivity index (χ2v) is 9.91. The lowest BCUT2D eigenvalue weighted by molar-refractivity contribution is -0.122. The number of hydrogen-bond donors (Lipinski definition) is 1. The second kappa shape index (κ2) is 9.88. The number of benzene rings is 2. The van der Waals surface area contributed by atoms with Crippen LogP contribution in [0.5, 0.6) is 11.5 Å². The Kier molecular flexibility index (Phi) is 6.94. The molecule has 0 radical (unpaired) electrons. The summed E-state index contributed by atoms with van der Waals surface area (Å²) in [7, 11) is -3.73. The molecular weight excluding hydrogens is 446 g/mol. The van der Waals surface area contributed by atoms with Crippen molar-refractivity contribution in [2.75, 3.05) is 55.0 Å². The van der Waals surface area contributed by atoms with E-state index in [1.807, 2.05) is 24.3 Å². The quantitative estimate of drug-likeness (QED) is 0.652. The summed E-state index contributed by atoms with van der Waals surface area (Å²) < 4.78 is 42.7. The first kappa shape index (κ1) is 23.2. The van der Waals surface area contributed by atoms with Crippen LogP contribution < -0.4 is 24.0 Å². The van der Waals surface area contributed by atoms with Gasteiger partial charge in [-0.1, -0.05) is 12.1 Å². The van der Waals surface area contributed by atoms with Crippen molar-refractivity contribution in [2.45, 2.75) is 19.5 Å². The lowest BCUT2D eigenvalue weighted by Gasteiger charge is -2.29. The molecule has 33 heavy (non-hydrogen) atoms. The highest BCUT2D eigenvalue weighted by atomic mass is 32.2. The Balaban J connectivity index is 1.43. The van der Waals surface area contributed by atoms with Gasteiger partial charge < -0.3 is 24.4 Å². The Morgan fingerprint density at radius 2 is 1.70 bits per heavy atom. The minimum Gasteiger partial charge on any atom is -0.486 e. The van der Waals surface area contributed by atoms with E-state index in [2.05, 4.69) is 10.2 Å². The van der Waals surface area contributed by atoms with E-state index in [1.165, 1.54) is 0 Å². The molecule has 0 aromatic heterocycles. The number of amides is 1. The maximum Gasteiger partial charge on any atom is 0.243 e. The summed E-state index contributed by atoms with van der Waals surface area (Å²) in [5, 5.41) is 2.85. The minimum absolute atomic E-state index is 0.297. The van der Waals surface area contributed by atoms with Gasteiger partial charge in [0, 0.05) is 31.4 Å². The number of hydrogen-bond acceptors (Lipinski definition) is 7. The standard InChI is InChI=1S/C23H29N3O6S/c1-17(26(33(2,28)29)20-7-8-21-22(15-20)32-14-13-31-21)23(27)24-16-18-3-5-19(6-4-18)25-9-11-30-12-10-25/h3-8,15,17H,9-14,16H2,1-2H3,(H,24,27). The van der Waals surface area contributed by atoms with Crippen LogP contribution in [0.1, 0.15) is 12.5 Å². The molecule has 10 heteroatoms. The Morgan fingerprint density at radius 3 is 2.36 bits per heavy atom. The van der Waals surface area contributed by atoms with Crippen molar-refractivity contribution in [3.8, 4) is 11.5 Å². The lowest BCUT2D eigenvalue weighted by Crippen LogP contribution is -2.47. The fraction of sp³-hybridized carbons (Fsp3) is 0.435. The Bertz CT molecular complexity index is 1080. The molecule has 1 atom stereocenters. The zero-order valence-corrected chi connectivity index (χ0v) is 19.6. The van der Waals surface area contributed by atoms with Gasteiger partial charge in [-0.15, -0.1) is 0 Å². The number of ether oxygens (including phenoxy) is 3. The monoisotopic (exact) mass is 475 g/mol. The Morgan fingerprint density at radius 1 is 1.03 bits per heavy atom. The number of fused-ring (bicyclic) bond motifs is 1. The third kappa shape index (κ3) is 5.51. The fourth-order valence-electron chi connectivity index (χ4n) is 3.96. The summed E-state index contributed by atoms with van der Waals surface area (Å²) in [6, 6.07) is 11.9. The molecule has 1 amide bonds. The van der Waals surface area contributed by atoms with E-state index in [0.717, 1.165) is 48.1 Å². The Labute approximate surface area is 194 Å². The molecule has 4 rings (SSSR count). The summed E-state index contributed by atoms with van der Waals surface area (Å²) in [5.41, 5.74) is 2.39. The number of nitrogens with one attached hydrogen (secondary N) is 1.